The maximum Gasteiger partial charge on any atom is 0.246 e. The van der Waals surface area contributed by atoms with Gasteiger partial charge in [0.2, 0.25) is 5.91 Å². The fourth-order valence-corrected chi connectivity index (χ4v) is 3.42. The van der Waals surface area contributed by atoms with Crippen LogP contribution < -0.4 is 0 Å². The Kier molecular flexibility index (Phi) is 5.05. The fourth-order valence-electron chi connectivity index (χ4n) is 3.42. The number of piperidine rings is 1. The van der Waals surface area contributed by atoms with E-state index >= 15 is 0 Å². The number of nitrogens with zero attached hydrogens (tertiary/aromatic N) is 1. The molecule has 128 valence electrons. The van der Waals surface area contributed by atoms with Crippen molar-refractivity contribution in [2.75, 3.05) is 13.1 Å². The minimum atomic E-state index is -0.290. The van der Waals surface area contributed by atoms with Crippen LogP contribution >= 0.6 is 0 Å². The highest BCUT2D eigenvalue weighted by Crippen LogP contribution is 2.27. The van der Waals surface area contributed by atoms with E-state index in [1.54, 1.807) is 6.08 Å². The molecule has 1 fully saturated rings. The maximum atomic E-state index is 12.5. The molecule has 24 heavy (non-hydrogen) atoms. The number of carbonyl (C=O) groups is 1. The number of aryl methyl sites for hydroxylation is 1. The lowest BCUT2D eigenvalue weighted by molar-refractivity contribution is -0.127. The van der Waals surface area contributed by atoms with Crippen LogP contribution in [0.25, 0.3) is 17.0 Å². The zero-order valence-corrected chi connectivity index (χ0v) is 14.4. The number of rotatable bonds is 4. The third-order valence-electron chi connectivity index (χ3n) is 4.96. The SMILES string of the molecule is CCc1oc2ccccc2c1C=CC(=O)N1CCC(C(C)O)CC1. The number of benzene rings is 1. The first-order valence-electron chi connectivity index (χ1n) is 8.75. The van der Waals surface area contributed by atoms with Crippen LogP contribution in [-0.2, 0) is 11.2 Å². The normalized spacial score (nSPS) is 17.7. The van der Waals surface area contributed by atoms with E-state index in [1.807, 2.05) is 42.2 Å². The summed E-state index contributed by atoms with van der Waals surface area (Å²) < 4.78 is 5.86. The number of hydrogen-bond acceptors (Lipinski definition) is 3. The van der Waals surface area contributed by atoms with Gasteiger partial charge >= 0.3 is 0 Å². The van der Waals surface area contributed by atoms with Crippen molar-refractivity contribution in [1.82, 2.24) is 4.90 Å². The molecule has 4 heteroatoms. The second kappa shape index (κ2) is 7.22. The minimum absolute atomic E-state index is 0.0337. The Morgan fingerprint density at radius 3 is 2.75 bits per heavy atom. The second-order valence-corrected chi connectivity index (χ2v) is 6.53. The van der Waals surface area contributed by atoms with Crippen molar-refractivity contribution < 1.29 is 14.3 Å². The van der Waals surface area contributed by atoms with E-state index in [9.17, 15) is 9.90 Å². The molecule has 0 bridgehead atoms. The van der Waals surface area contributed by atoms with Gasteiger partial charge in [0.1, 0.15) is 11.3 Å². The second-order valence-electron chi connectivity index (χ2n) is 6.53. The highest BCUT2D eigenvalue weighted by molar-refractivity contribution is 5.96. The molecule has 1 aromatic carbocycles. The molecule has 3 rings (SSSR count). The molecule has 4 nitrogen and oxygen atoms in total. The Bertz CT molecular complexity index is 736. The smallest absolute Gasteiger partial charge is 0.246 e. The Balaban J connectivity index is 1.73. The van der Waals surface area contributed by atoms with Crippen LogP contribution in [0.15, 0.2) is 34.8 Å². The third kappa shape index (κ3) is 3.39. The van der Waals surface area contributed by atoms with Gasteiger partial charge in [-0.1, -0.05) is 25.1 Å². The van der Waals surface area contributed by atoms with Crippen LogP contribution in [0.2, 0.25) is 0 Å². The first-order valence-corrected chi connectivity index (χ1v) is 8.75. The van der Waals surface area contributed by atoms with E-state index in [0.717, 1.165) is 41.6 Å². The van der Waals surface area contributed by atoms with Crippen LogP contribution in [0.1, 0.15) is 38.0 Å². The van der Waals surface area contributed by atoms with Crippen molar-refractivity contribution in [3.8, 4) is 0 Å². The molecular weight excluding hydrogens is 302 g/mol. The summed E-state index contributed by atoms with van der Waals surface area (Å²) in [5.74, 6) is 1.25. The lowest BCUT2D eigenvalue weighted by atomic mass is 9.92. The van der Waals surface area contributed by atoms with Crippen LogP contribution in [0.4, 0.5) is 0 Å². The summed E-state index contributed by atoms with van der Waals surface area (Å²) in [7, 11) is 0. The van der Waals surface area contributed by atoms with Gasteiger partial charge in [0.25, 0.3) is 0 Å². The predicted molar refractivity (Wildman–Crippen MR) is 95.6 cm³/mol. The topological polar surface area (TPSA) is 53.7 Å². The fraction of sp³-hybridized carbons (Fsp3) is 0.450. The number of likely N-dealkylation sites (tertiary alicyclic amines) is 1. The average molecular weight is 327 g/mol. The molecule has 1 aliphatic heterocycles. The average Bonchev–Trinajstić information content (AvgIpc) is 2.97. The van der Waals surface area contributed by atoms with Gasteiger partial charge in [-0.05, 0) is 37.8 Å². The molecule has 0 saturated carbocycles. The monoisotopic (exact) mass is 327 g/mol. The quantitative estimate of drug-likeness (QED) is 0.873. The molecule has 1 N–H and O–H groups in total. The van der Waals surface area contributed by atoms with Gasteiger partial charge in [0.05, 0.1) is 6.10 Å². The Hall–Kier alpha value is -2.07. The number of aliphatic hydroxyl groups excluding tert-OH is 1. The van der Waals surface area contributed by atoms with Crippen molar-refractivity contribution >= 4 is 23.0 Å². The molecule has 1 unspecified atom stereocenters. The molecule has 0 aliphatic carbocycles. The summed E-state index contributed by atoms with van der Waals surface area (Å²) in [6.07, 6.45) is 5.77. The molecular formula is C20H25NO3. The Morgan fingerprint density at radius 1 is 1.38 bits per heavy atom. The van der Waals surface area contributed by atoms with E-state index < -0.39 is 0 Å². The summed E-state index contributed by atoms with van der Waals surface area (Å²) >= 11 is 0. The van der Waals surface area contributed by atoms with Crippen LogP contribution in [0.3, 0.4) is 0 Å². The van der Waals surface area contributed by atoms with Gasteiger partial charge in [-0.3, -0.25) is 4.79 Å². The summed E-state index contributed by atoms with van der Waals surface area (Å²) in [4.78, 5) is 14.3. The molecule has 2 aromatic rings. The van der Waals surface area contributed by atoms with Gasteiger partial charge in [0.15, 0.2) is 0 Å². The first kappa shape index (κ1) is 16.8. The number of aliphatic hydroxyl groups is 1. The highest BCUT2D eigenvalue weighted by atomic mass is 16.3. The highest BCUT2D eigenvalue weighted by Gasteiger charge is 2.24. The van der Waals surface area contributed by atoms with Gasteiger partial charge in [-0.25, -0.2) is 0 Å². The molecule has 1 aliphatic rings. The first-order chi connectivity index (χ1) is 11.6. The number of hydrogen-bond donors (Lipinski definition) is 1. The van der Waals surface area contributed by atoms with E-state index in [0.29, 0.717) is 19.0 Å². The summed E-state index contributed by atoms with van der Waals surface area (Å²) in [5.41, 5.74) is 1.86. The zero-order valence-electron chi connectivity index (χ0n) is 14.4. The van der Waals surface area contributed by atoms with E-state index in [1.165, 1.54) is 0 Å². The molecule has 1 saturated heterocycles. The van der Waals surface area contributed by atoms with Crippen molar-refractivity contribution in [2.45, 2.75) is 39.2 Å². The van der Waals surface area contributed by atoms with E-state index in [-0.39, 0.29) is 12.0 Å². The molecule has 0 spiro atoms. The van der Waals surface area contributed by atoms with Crippen molar-refractivity contribution in [3.63, 3.8) is 0 Å². The Labute approximate surface area is 142 Å². The molecule has 2 heterocycles. The van der Waals surface area contributed by atoms with E-state index in [2.05, 4.69) is 6.92 Å². The predicted octanol–water partition coefficient (Wildman–Crippen LogP) is 3.63. The number of fused-ring (bicyclic) bond motifs is 1. The number of carbonyl (C=O) groups excluding carboxylic acids is 1. The molecule has 0 radical (unpaired) electrons. The van der Waals surface area contributed by atoms with E-state index in [4.69, 9.17) is 4.42 Å². The molecule has 1 amide bonds. The molecule has 1 aromatic heterocycles. The lowest BCUT2D eigenvalue weighted by Gasteiger charge is -2.32. The van der Waals surface area contributed by atoms with Crippen molar-refractivity contribution in [1.29, 1.82) is 0 Å². The number of furan rings is 1. The van der Waals surface area contributed by atoms with Crippen LogP contribution in [0, 0.1) is 5.92 Å². The minimum Gasteiger partial charge on any atom is -0.460 e. The lowest BCUT2D eigenvalue weighted by Crippen LogP contribution is -2.39. The van der Waals surface area contributed by atoms with Gasteiger partial charge in [-0.15, -0.1) is 0 Å². The third-order valence-corrected chi connectivity index (χ3v) is 4.96. The standard InChI is InChI=1S/C20H25NO3/c1-3-18-17(16-6-4-5-7-19(16)24-18)8-9-20(23)21-12-10-15(11-13-21)14(2)22/h4-9,14-15,22H,3,10-13H2,1-2H3. The largest absolute Gasteiger partial charge is 0.460 e. The van der Waals surface area contributed by atoms with Crippen molar-refractivity contribution in [3.05, 3.63) is 41.7 Å². The summed E-state index contributed by atoms with van der Waals surface area (Å²) in [6.45, 7) is 5.31. The Morgan fingerprint density at radius 2 is 2.08 bits per heavy atom. The summed E-state index contributed by atoms with van der Waals surface area (Å²) in [6, 6.07) is 7.91. The number of amides is 1. The van der Waals surface area contributed by atoms with Crippen molar-refractivity contribution in [2.24, 2.45) is 5.92 Å². The van der Waals surface area contributed by atoms with Gasteiger partial charge < -0.3 is 14.4 Å². The van der Waals surface area contributed by atoms with Gasteiger partial charge in [-0.2, -0.15) is 0 Å². The maximum absolute atomic E-state index is 12.5. The van der Waals surface area contributed by atoms with Gasteiger partial charge in [0, 0.05) is 36.5 Å². The van der Waals surface area contributed by atoms with Crippen LogP contribution in [-0.4, -0.2) is 35.1 Å². The number of para-hydroxylation sites is 1. The summed E-state index contributed by atoms with van der Waals surface area (Å²) in [5, 5.41) is 10.7. The molecule has 1 atom stereocenters. The zero-order chi connectivity index (χ0) is 17.1. The van der Waals surface area contributed by atoms with Crippen LogP contribution in [0.5, 0.6) is 0 Å².